The molecule has 0 spiro atoms. The zero-order valence-electron chi connectivity index (χ0n) is 8.80. The lowest BCUT2D eigenvalue weighted by atomic mass is 10.1. The lowest BCUT2D eigenvalue weighted by Gasteiger charge is -2.09. The van der Waals surface area contributed by atoms with E-state index in [2.05, 4.69) is 0 Å². The SMILES string of the molecule is NS(=O)(=O)c1c(Cl)cccc1-c1ccccc1. The molecule has 0 amide bonds. The van der Waals surface area contributed by atoms with E-state index in [9.17, 15) is 8.42 Å². The number of nitrogens with two attached hydrogens (primary N) is 1. The van der Waals surface area contributed by atoms with E-state index in [0.29, 0.717) is 5.56 Å². The van der Waals surface area contributed by atoms with Crippen LogP contribution in [0.15, 0.2) is 53.4 Å². The number of primary sulfonamides is 1. The molecule has 2 aromatic carbocycles. The zero-order valence-corrected chi connectivity index (χ0v) is 10.4. The average molecular weight is 268 g/mol. The van der Waals surface area contributed by atoms with E-state index in [-0.39, 0.29) is 9.92 Å². The Morgan fingerprint density at radius 1 is 0.941 bits per heavy atom. The lowest BCUT2D eigenvalue weighted by Crippen LogP contribution is -2.14. The molecule has 17 heavy (non-hydrogen) atoms. The summed E-state index contributed by atoms with van der Waals surface area (Å²) in [6, 6.07) is 14.0. The van der Waals surface area contributed by atoms with Gasteiger partial charge in [0.15, 0.2) is 0 Å². The van der Waals surface area contributed by atoms with Gasteiger partial charge in [-0.25, -0.2) is 13.6 Å². The quantitative estimate of drug-likeness (QED) is 0.909. The molecule has 0 unspecified atom stereocenters. The predicted molar refractivity (Wildman–Crippen MR) is 68.3 cm³/mol. The predicted octanol–water partition coefficient (Wildman–Crippen LogP) is 2.65. The molecule has 2 N–H and O–H groups in total. The van der Waals surface area contributed by atoms with Crippen LogP contribution in [-0.2, 0) is 10.0 Å². The summed E-state index contributed by atoms with van der Waals surface area (Å²) >= 11 is 5.90. The molecule has 2 aromatic rings. The maximum absolute atomic E-state index is 11.5. The van der Waals surface area contributed by atoms with Gasteiger partial charge in [0.05, 0.1) is 5.02 Å². The molecule has 2 rings (SSSR count). The first-order chi connectivity index (χ1) is 8.00. The van der Waals surface area contributed by atoms with Gasteiger partial charge in [-0.15, -0.1) is 0 Å². The summed E-state index contributed by atoms with van der Waals surface area (Å²) in [5.41, 5.74) is 1.28. The minimum absolute atomic E-state index is 0.0344. The highest BCUT2D eigenvalue weighted by Crippen LogP contribution is 2.31. The van der Waals surface area contributed by atoms with Crippen LogP contribution >= 0.6 is 11.6 Å². The summed E-state index contributed by atoms with van der Waals surface area (Å²) in [6.45, 7) is 0. The van der Waals surface area contributed by atoms with Gasteiger partial charge in [-0.05, 0) is 11.6 Å². The van der Waals surface area contributed by atoms with Crippen molar-refractivity contribution in [1.82, 2.24) is 0 Å². The fourth-order valence-corrected chi connectivity index (χ4v) is 2.97. The first kappa shape index (κ1) is 12.1. The maximum atomic E-state index is 11.5. The Morgan fingerprint density at radius 2 is 1.59 bits per heavy atom. The van der Waals surface area contributed by atoms with Crippen molar-refractivity contribution in [2.24, 2.45) is 5.14 Å². The summed E-state index contributed by atoms with van der Waals surface area (Å²) < 4.78 is 23.1. The van der Waals surface area contributed by atoms with Gasteiger partial charge in [0.25, 0.3) is 0 Å². The Labute approximate surface area is 105 Å². The van der Waals surface area contributed by atoms with E-state index < -0.39 is 10.0 Å². The highest BCUT2D eigenvalue weighted by molar-refractivity contribution is 7.89. The number of sulfonamides is 1. The smallest absolute Gasteiger partial charge is 0.225 e. The number of halogens is 1. The van der Waals surface area contributed by atoms with Crippen LogP contribution in [0.4, 0.5) is 0 Å². The molecule has 88 valence electrons. The van der Waals surface area contributed by atoms with E-state index in [1.54, 1.807) is 24.3 Å². The third-order valence-electron chi connectivity index (χ3n) is 2.34. The monoisotopic (exact) mass is 267 g/mol. The van der Waals surface area contributed by atoms with Gasteiger partial charge >= 0.3 is 0 Å². The molecular weight excluding hydrogens is 258 g/mol. The topological polar surface area (TPSA) is 60.2 Å². The first-order valence-corrected chi connectivity index (χ1v) is 6.79. The number of benzene rings is 2. The minimum atomic E-state index is -3.84. The fourth-order valence-electron chi connectivity index (χ4n) is 1.64. The van der Waals surface area contributed by atoms with Crippen LogP contribution in [0, 0.1) is 0 Å². The van der Waals surface area contributed by atoms with Crippen molar-refractivity contribution >= 4 is 21.6 Å². The molecule has 0 aromatic heterocycles. The third kappa shape index (κ3) is 2.49. The van der Waals surface area contributed by atoms with Crippen LogP contribution in [0.1, 0.15) is 0 Å². The number of rotatable bonds is 2. The summed E-state index contributed by atoms with van der Waals surface area (Å²) in [5.74, 6) is 0. The van der Waals surface area contributed by atoms with Crippen LogP contribution in [0.2, 0.25) is 5.02 Å². The number of hydrogen-bond acceptors (Lipinski definition) is 2. The molecule has 0 aliphatic heterocycles. The second kappa shape index (κ2) is 4.49. The average Bonchev–Trinajstić information content (AvgIpc) is 2.28. The van der Waals surface area contributed by atoms with Crippen molar-refractivity contribution < 1.29 is 8.42 Å². The molecule has 0 atom stereocenters. The van der Waals surface area contributed by atoms with E-state index in [1.165, 1.54) is 6.07 Å². The van der Waals surface area contributed by atoms with Gasteiger partial charge in [-0.3, -0.25) is 0 Å². The third-order valence-corrected chi connectivity index (χ3v) is 3.77. The Morgan fingerprint density at radius 3 is 2.18 bits per heavy atom. The molecule has 0 fully saturated rings. The summed E-state index contributed by atoms with van der Waals surface area (Å²) in [6.07, 6.45) is 0. The Bertz CT molecular complexity index is 639. The fraction of sp³-hybridized carbons (Fsp3) is 0. The summed E-state index contributed by atoms with van der Waals surface area (Å²) in [4.78, 5) is -0.0344. The Kier molecular flexibility index (Phi) is 3.19. The van der Waals surface area contributed by atoms with Crippen LogP contribution in [0.3, 0.4) is 0 Å². The summed E-state index contributed by atoms with van der Waals surface area (Å²) in [5, 5.41) is 5.32. The van der Waals surface area contributed by atoms with Gasteiger partial charge in [0.1, 0.15) is 4.90 Å². The molecule has 0 heterocycles. The Balaban J connectivity index is 2.76. The van der Waals surface area contributed by atoms with Crippen molar-refractivity contribution in [3.05, 3.63) is 53.6 Å². The van der Waals surface area contributed by atoms with Crippen molar-refractivity contribution in [3.63, 3.8) is 0 Å². The van der Waals surface area contributed by atoms with E-state index in [0.717, 1.165) is 5.56 Å². The van der Waals surface area contributed by atoms with Gasteiger partial charge in [-0.1, -0.05) is 54.1 Å². The summed E-state index contributed by atoms with van der Waals surface area (Å²) in [7, 11) is -3.84. The van der Waals surface area contributed by atoms with Crippen molar-refractivity contribution in [2.75, 3.05) is 0 Å². The highest BCUT2D eigenvalue weighted by atomic mass is 35.5. The second-order valence-corrected chi connectivity index (χ2v) is 5.43. The molecule has 0 saturated heterocycles. The molecule has 5 heteroatoms. The Hall–Kier alpha value is -1.36. The standard InChI is InChI=1S/C12H10ClNO2S/c13-11-8-4-7-10(12(11)17(14,15)16)9-5-2-1-3-6-9/h1-8H,(H2,14,15,16). The zero-order chi connectivity index (χ0) is 12.5. The van der Waals surface area contributed by atoms with E-state index in [4.69, 9.17) is 16.7 Å². The van der Waals surface area contributed by atoms with Crippen molar-refractivity contribution in [2.45, 2.75) is 4.90 Å². The van der Waals surface area contributed by atoms with Gasteiger partial charge in [0, 0.05) is 5.56 Å². The van der Waals surface area contributed by atoms with Crippen LogP contribution in [0.25, 0.3) is 11.1 Å². The first-order valence-electron chi connectivity index (χ1n) is 4.87. The molecule has 0 aliphatic carbocycles. The normalized spacial score (nSPS) is 11.4. The molecular formula is C12H10ClNO2S. The van der Waals surface area contributed by atoms with Gasteiger partial charge in [0.2, 0.25) is 10.0 Å². The van der Waals surface area contributed by atoms with Crippen molar-refractivity contribution in [1.29, 1.82) is 0 Å². The molecule has 0 saturated carbocycles. The number of hydrogen-bond donors (Lipinski definition) is 1. The molecule has 0 aliphatic rings. The van der Waals surface area contributed by atoms with E-state index >= 15 is 0 Å². The molecule has 0 bridgehead atoms. The van der Waals surface area contributed by atoms with Crippen LogP contribution < -0.4 is 5.14 Å². The van der Waals surface area contributed by atoms with Crippen LogP contribution in [-0.4, -0.2) is 8.42 Å². The largest absolute Gasteiger partial charge is 0.240 e. The highest BCUT2D eigenvalue weighted by Gasteiger charge is 2.18. The van der Waals surface area contributed by atoms with Gasteiger partial charge < -0.3 is 0 Å². The molecule has 3 nitrogen and oxygen atoms in total. The molecule has 0 radical (unpaired) electrons. The lowest BCUT2D eigenvalue weighted by molar-refractivity contribution is 0.598. The minimum Gasteiger partial charge on any atom is -0.225 e. The second-order valence-electron chi connectivity index (χ2n) is 3.53. The van der Waals surface area contributed by atoms with E-state index in [1.807, 2.05) is 18.2 Å². The van der Waals surface area contributed by atoms with Crippen LogP contribution in [0.5, 0.6) is 0 Å². The maximum Gasteiger partial charge on any atom is 0.240 e. The van der Waals surface area contributed by atoms with Gasteiger partial charge in [-0.2, -0.15) is 0 Å². The van der Waals surface area contributed by atoms with Crippen molar-refractivity contribution in [3.8, 4) is 11.1 Å².